The molecule has 1 aliphatic rings. The van der Waals surface area contributed by atoms with Crippen LogP contribution in [0.4, 0.5) is 0 Å². The SMILES string of the molecule is CCS(=O)(=O)CC(C)N(C)C(=O)[C@@H]1CC[C@H](C(=O)O)O1. The van der Waals surface area contributed by atoms with Gasteiger partial charge in [0.2, 0.25) is 0 Å². The maximum atomic E-state index is 12.1. The van der Waals surface area contributed by atoms with Crippen LogP contribution < -0.4 is 0 Å². The number of likely N-dealkylation sites (N-methyl/N-ethyl adjacent to an activating group) is 1. The van der Waals surface area contributed by atoms with Crippen molar-refractivity contribution in [3.63, 3.8) is 0 Å². The number of rotatable bonds is 6. The number of hydrogen-bond donors (Lipinski definition) is 1. The number of ether oxygens (including phenoxy) is 1. The van der Waals surface area contributed by atoms with E-state index in [1.807, 2.05) is 0 Å². The Bertz CT molecular complexity index is 474. The third-order valence-corrected chi connectivity index (χ3v) is 5.38. The maximum Gasteiger partial charge on any atom is 0.332 e. The molecule has 1 fully saturated rings. The molecule has 1 rings (SSSR count). The van der Waals surface area contributed by atoms with Gasteiger partial charge in [-0.3, -0.25) is 4.79 Å². The molecule has 0 radical (unpaired) electrons. The van der Waals surface area contributed by atoms with E-state index in [1.165, 1.54) is 11.9 Å². The summed E-state index contributed by atoms with van der Waals surface area (Å²) in [6, 6.07) is -0.472. The number of hydrogen-bond acceptors (Lipinski definition) is 5. The molecule has 7 nitrogen and oxygen atoms in total. The molecule has 1 unspecified atom stereocenters. The van der Waals surface area contributed by atoms with Gasteiger partial charge in [0.05, 0.1) is 5.75 Å². The van der Waals surface area contributed by atoms with Gasteiger partial charge in [0.25, 0.3) is 5.91 Å². The van der Waals surface area contributed by atoms with E-state index >= 15 is 0 Å². The van der Waals surface area contributed by atoms with Gasteiger partial charge in [-0.25, -0.2) is 13.2 Å². The van der Waals surface area contributed by atoms with E-state index in [9.17, 15) is 18.0 Å². The first kappa shape index (κ1) is 16.9. The second-order valence-electron chi connectivity index (χ2n) is 5.03. The van der Waals surface area contributed by atoms with E-state index in [-0.39, 0.29) is 17.4 Å². The highest BCUT2D eigenvalue weighted by molar-refractivity contribution is 7.91. The lowest BCUT2D eigenvalue weighted by Gasteiger charge is -2.27. The third kappa shape index (κ3) is 4.17. The Morgan fingerprint density at radius 1 is 1.35 bits per heavy atom. The van der Waals surface area contributed by atoms with Crippen molar-refractivity contribution >= 4 is 21.7 Å². The van der Waals surface area contributed by atoms with Gasteiger partial charge in [0.1, 0.15) is 6.10 Å². The van der Waals surface area contributed by atoms with E-state index < -0.39 is 34.1 Å². The van der Waals surface area contributed by atoms with Gasteiger partial charge in [0, 0.05) is 18.8 Å². The van der Waals surface area contributed by atoms with Crippen molar-refractivity contribution in [2.75, 3.05) is 18.6 Å². The lowest BCUT2D eigenvalue weighted by Crippen LogP contribution is -2.45. The van der Waals surface area contributed by atoms with Crippen molar-refractivity contribution < 1.29 is 27.9 Å². The molecule has 0 saturated carbocycles. The fourth-order valence-electron chi connectivity index (χ4n) is 2.04. The second kappa shape index (κ2) is 6.53. The molecular formula is C12H21NO6S. The van der Waals surface area contributed by atoms with Crippen molar-refractivity contribution in [1.29, 1.82) is 0 Å². The number of nitrogens with zero attached hydrogens (tertiary/aromatic N) is 1. The molecule has 1 amide bonds. The Morgan fingerprint density at radius 3 is 2.35 bits per heavy atom. The first-order valence-corrected chi connectivity index (χ1v) is 8.35. The average molecular weight is 307 g/mol. The number of sulfone groups is 1. The normalized spacial score (nSPS) is 24.4. The highest BCUT2D eigenvalue weighted by Crippen LogP contribution is 2.22. The second-order valence-corrected chi connectivity index (χ2v) is 7.42. The molecule has 20 heavy (non-hydrogen) atoms. The van der Waals surface area contributed by atoms with Crippen LogP contribution in [0.3, 0.4) is 0 Å². The number of aliphatic carboxylic acids is 1. The van der Waals surface area contributed by atoms with Crippen molar-refractivity contribution in [2.45, 2.75) is 44.9 Å². The molecular weight excluding hydrogens is 286 g/mol. The third-order valence-electron chi connectivity index (χ3n) is 3.51. The molecule has 1 heterocycles. The standard InChI is InChI=1S/C12H21NO6S/c1-4-20(17,18)7-8(2)13(3)11(14)9-5-6-10(19-9)12(15)16/h8-10H,4-7H2,1-3H3,(H,15,16)/t8?,9-,10+/m0/s1. The van der Waals surface area contributed by atoms with Crippen LogP contribution in [0.15, 0.2) is 0 Å². The van der Waals surface area contributed by atoms with Crippen molar-refractivity contribution in [2.24, 2.45) is 0 Å². The Balaban J connectivity index is 2.61. The van der Waals surface area contributed by atoms with E-state index in [0.717, 1.165) is 0 Å². The van der Waals surface area contributed by atoms with Crippen LogP contribution in [0, 0.1) is 0 Å². The summed E-state index contributed by atoms with van der Waals surface area (Å²) in [5, 5.41) is 8.82. The van der Waals surface area contributed by atoms with Crippen LogP contribution in [-0.4, -0.2) is 67.1 Å². The van der Waals surface area contributed by atoms with Gasteiger partial charge in [-0.2, -0.15) is 0 Å². The van der Waals surface area contributed by atoms with Gasteiger partial charge in [-0.05, 0) is 19.8 Å². The highest BCUT2D eigenvalue weighted by atomic mass is 32.2. The molecule has 1 N–H and O–H groups in total. The zero-order valence-electron chi connectivity index (χ0n) is 11.9. The van der Waals surface area contributed by atoms with Crippen LogP contribution in [0.25, 0.3) is 0 Å². The van der Waals surface area contributed by atoms with Crippen LogP contribution >= 0.6 is 0 Å². The molecule has 1 saturated heterocycles. The fourth-order valence-corrected chi connectivity index (χ4v) is 3.24. The fraction of sp³-hybridized carbons (Fsp3) is 0.833. The minimum atomic E-state index is -3.17. The predicted octanol–water partition coefficient (Wildman–Crippen LogP) is -0.0998. The quantitative estimate of drug-likeness (QED) is 0.735. The van der Waals surface area contributed by atoms with Gasteiger partial charge >= 0.3 is 5.97 Å². The van der Waals surface area contributed by atoms with E-state index in [4.69, 9.17) is 9.84 Å². The lowest BCUT2D eigenvalue weighted by atomic mass is 10.1. The first-order chi connectivity index (χ1) is 9.18. The highest BCUT2D eigenvalue weighted by Gasteiger charge is 2.37. The van der Waals surface area contributed by atoms with Crippen molar-refractivity contribution in [1.82, 2.24) is 4.90 Å². The molecule has 1 aliphatic heterocycles. The van der Waals surface area contributed by atoms with Gasteiger partial charge < -0.3 is 14.7 Å². The van der Waals surface area contributed by atoms with Crippen LogP contribution in [-0.2, 0) is 24.2 Å². The number of carboxylic acids is 1. The molecule has 0 aliphatic carbocycles. The summed E-state index contributed by atoms with van der Waals surface area (Å²) >= 11 is 0. The zero-order chi connectivity index (χ0) is 15.5. The number of carboxylic acid groups (broad SMARTS) is 1. The Labute approximate surface area is 118 Å². The lowest BCUT2D eigenvalue weighted by molar-refractivity contribution is -0.154. The summed E-state index contributed by atoms with van der Waals surface area (Å²) < 4.78 is 28.3. The molecule has 0 aromatic carbocycles. The molecule has 3 atom stereocenters. The maximum absolute atomic E-state index is 12.1. The van der Waals surface area contributed by atoms with Gasteiger partial charge in [0.15, 0.2) is 15.9 Å². The Morgan fingerprint density at radius 2 is 1.90 bits per heavy atom. The summed E-state index contributed by atoms with van der Waals surface area (Å²) in [7, 11) is -1.66. The topological polar surface area (TPSA) is 101 Å². The number of amides is 1. The smallest absolute Gasteiger partial charge is 0.332 e. The Kier molecular flexibility index (Phi) is 5.52. The van der Waals surface area contributed by atoms with E-state index in [0.29, 0.717) is 12.8 Å². The Hall–Kier alpha value is -1.15. The minimum Gasteiger partial charge on any atom is -0.479 e. The summed E-state index contributed by atoms with van der Waals surface area (Å²) in [5.74, 6) is -1.53. The van der Waals surface area contributed by atoms with Gasteiger partial charge in [-0.15, -0.1) is 0 Å². The molecule has 0 aromatic rings. The molecule has 116 valence electrons. The molecule has 0 aromatic heterocycles. The van der Waals surface area contributed by atoms with E-state index in [1.54, 1.807) is 13.8 Å². The molecule has 0 spiro atoms. The molecule has 0 bridgehead atoms. The monoisotopic (exact) mass is 307 g/mol. The zero-order valence-corrected chi connectivity index (χ0v) is 12.7. The summed E-state index contributed by atoms with van der Waals surface area (Å²) in [4.78, 5) is 24.2. The minimum absolute atomic E-state index is 0.0282. The predicted molar refractivity (Wildman–Crippen MR) is 72.1 cm³/mol. The van der Waals surface area contributed by atoms with Crippen LogP contribution in [0.2, 0.25) is 0 Å². The summed E-state index contributed by atoms with van der Waals surface area (Å²) in [6.07, 6.45) is -1.12. The number of carbonyl (C=O) groups excluding carboxylic acids is 1. The average Bonchev–Trinajstić information content (AvgIpc) is 2.86. The summed E-state index contributed by atoms with van der Waals surface area (Å²) in [5.41, 5.74) is 0. The van der Waals surface area contributed by atoms with Crippen LogP contribution in [0.5, 0.6) is 0 Å². The van der Waals surface area contributed by atoms with Gasteiger partial charge in [-0.1, -0.05) is 6.92 Å². The van der Waals surface area contributed by atoms with Crippen molar-refractivity contribution in [3.8, 4) is 0 Å². The number of carbonyl (C=O) groups is 2. The largest absolute Gasteiger partial charge is 0.479 e. The molecule has 8 heteroatoms. The summed E-state index contributed by atoms with van der Waals surface area (Å²) in [6.45, 7) is 3.20. The van der Waals surface area contributed by atoms with E-state index in [2.05, 4.69) is 0 Å². The van der Waals surface area contributed by atoms with Crippen molar-refractivity contribution in [3.05, 3.63) is 0 Å². The first-order valence-electron chi connectivity index (χ1n) is 6.53. The van der Waals surface area contributed by atoms with Crippen LogP contribution in [0.1, 0.15) is 26.7 Å².